The van der Waals surface area contributed by atoms with Crippen LogP contribution in [0.3, 0.4) is 0 Å². The zero-order chi connectivity index (χ0) is 18.1. The summed E-state index contributed by atoms with van der Waals surface area (Å²) in [6.45, 7) is 1.29. The number of carbonyl (C=O) groups is 1. The van der Waals surface area contributed by atoms with E-state index in [1.807, 2.05) is 0 Å². The molecular weight excluding hydrogens is 513 g/mol. The van der Waals surface area contributed by atoms with Gasteiger partial charge < -0.3 is 48.7 Å². The van der Waals surface area contributed by atoms with E-state index in [1.165, 1.54) is 6.20 Å². The third-order valence-electron chi connectivity index (χ3n) is 1.65. The van der Waals surface area contributed by atoms with Gasteiger partial charge in [-0.05, 0) is 6.92 Å². The van der Waals surface area contributed by atoms with Gasteiger partial charge in [0.05, 0.1) is 17.9 Å². The van der Waals surface area contributed by atoms with E-state index < -0.39 is 15.6 Å². The summed E-state index contributed by atoms with van der Waals surface area (Å²) in [4.78, 5) is 65.5. The number of pyridine rings is 1. The predicted molar refractivity (Wildman–Crippen MR) is 57.2 cm³/mol. The van der Waals surface area contributed by atoms with Crippen molar-refractivity contribution >= 4 is 21.9 Å². The zero-order valence-electron chi connectivity index (χ0n) is 11.9. The Hall–Kier alpha value is 0.358. The molecule has 1 rings (SSSR count). The predicted octanol–water partition coefficient (Wildman–Crippen LogP) is -5.26. The van der Waals surface area contributed by atoms with Gasteiger partial charge in [0.2, 0.25) is 0 Å². The number of aliphatic hydroxyl groups is 1. The maximum Gasteiger partial charge on any atom is 2.00 e. The molecule has 0 aliphatic rings. The van der Waals surface area contributed by atoms with Gasteiger partial charge in [-0.25, -0.2) is 0 Å². The van der Waals surface area contributed by atoms with Crippen molar-refractivity contribution in [2.75, 3.05) is 0 Å². The molecule has 1 aromatic heterocycles. The molecule has 0 aliphatic carbocycles. The topological polar surface area (TPSA) is 243 Å². The summed E-state index contributed by atoms with van der Waals surface area (Å²) >= 11 is 0. The quantitative estimate of drug-likeness (QED) is 0.210. The standard InChI is InChI=1S/C8H9NO3.3Mn.2H3O4P/c1-5-8(12)7(4-11)6(3-10)2-9-5;;;;2*1-5(2,3)4/h2,4,10,12H,3H2,1H3;;;;2*(H3,1,2,3,4)/q;3*+2;;/p-6. The number of carbonyl (C=O) groups excluding carboxylic acids is 1. The molecule has 17 heteroatoms. The minimum absolute atomic E-state index is 0. The zero-order valence-corrected chi connectivity index (χ0v) is 17.2. The first-order valence-electron chi connectivity index (χ1n) is 4.90. The van der Waals surface area contributed by atoms with Crippen LogP contribution in [-0.2, 0) is 66.9 Å². The van der Waals surface area contributed by atoms with Crippen LogP contribution in [0, 0.1) is 6.92 Å². The number of hydrogen-bond acceptors (Lipinski definition) is 12. The molecule has 2 N–H and O–H groups in total. The van der Waals surface area contributed by atoms with E-state index in [0.717, 1.165) is 0 Å². The van der Waals surface area contributed by atoms with Crippen LogP contribution in [-0.4, -0.2) is 21.5 Å². The van der Waals surface area contributed by atoms with Crippen LogP contribution in [0.15, 0.2) is 6.20 Å². The Balaban J connectivity index is -0.0000000882. The van der Waals surface area contributed by atoms with Crippen molar-refractivity contribution in [1.82, 2.24) is 4.98 Å². The van der Waals surface area contributed by atoms with Crippen LogP contribution >= 0.6 is 15.6 Å². The van der Waals surface area contributed by atoms with Crippen molar-refractivity contribution < 1.29 is 105 Å². The molecule has 1 heterocycles. The number of phosphoric acid groups is 2. The number of aromatic hydroxyl groups is 1. The number of rotatable bonds is 2. The Morgan fingerprint density at radius 2 is 1.36 bits per heavy atom. The van der Waals surface area contributed by atoms with Crippen molar-refractivity contribution in [3.63, 3.8) is 0 Å². The Morgan fingerprint density at radius 3 is 1.60 bits per heavy atom. The van der Waals surface area contributed by atoms with E-state index in [0.29, 0.717) is 17.5 Å². The molecule has 0 bridgehead atoms. The van der Waals surface area contributed by atoms with Gasteiger partial charge in [0.25, 0.3) is 0 Å². The third-order valence-corrected chi connectivity index (χ3v) is 1.65. The molecule has 25 heavy (non-hydrogen) atoms. The normalized spacial score (nSPS) is 9.44. The van der Waals surface area contributed by atoms with Gasteiger partial charge in [-0.2, -0.15) is 15.6 Å². The van der Waals surface area contributed by atoms with E-state index in [9.17, 15) is 9.90 Å². The van der Waals surface area contributed by atoms with Crippen LogP contribution in [0.25, 0.3) is 0 Å². The molecule has 143 valence electrons. The van der Waals surface area contributed by atoms with E-state index in [-0.39, 0.29) is 69.1 Å². The maximum atomic E-state index is 10.5. The van der Waals surface area contributed by atoms with Gasteiger partial charge in [-0.3, -0.25) is 9.78 Å². The second-order valence-corrected chi connectivity index (χ2v) is 5.09. The van der Waals surface area contributed by atoms with Gasteiger partial charge in [-0.1, -0.05) is 0 Å². The molecule has 0 amide bonds. The number of nitrogens with zero attached hydrogens (tertiary/aromatic N) is 1. The fraction of sp³-hybridized carbons (Fsp3) is 0.250. The maximum absolute atomic E-state index is 10.5. The van der Waals surface area contributed by atoms with Crippen molar-refractivity contribution in [2.24, 2.45) is 0 Å². The Morgan fingerprint density at radius 1 is 1.04 bits per heavy atom. The van der Waals surface area contributed by atoms with Crippen molar-refractivity contribution in [3.8, 4) is 5.75 Å². The molecule has 0 fully saturated rings. The van der Waals surface area contributed by atoms with Gasteiger partial charge >= 0.3 is 51.2 Å². The number of aromatic nitrogens is 1. The first kappa shape index (κ1) is 36.3. The Kier molecular flexibility index (Phi) is 24.0. The molecule has 0 aliphatic heterocycles. The van der Waals surface area contributed by atoms with E-state index in [2.05, 4.69) is 4.98 Å². The number of aldehydes is 1. The molecule has 1 aromatic rings. The van der Waals surface area contributed by atoms with Gasteiger partial charge in [0.15, 0.2) is 6.29 Å². The van der Waals surface area contributed by atoms with Crippen molar-refractivity contribution in [3.05, 3.63) is 23.0 Å². The van der Waals surface area contributed by atoms with Crippen LogP contribution in [0.1, 0.15) is 21.6 Å². The number of aryl methyl sites for hydroxylation is 1. The fourth-order valence-electron chi connectivity index (χ4n) is 0.910. The average Bonchev–Trinajstić information content (AvgIpc) is 2.28. The largest absolute Gasteiger partial charge is 2.00 e. The summed E-state index contributed by atoms with van der Waals surface area (Å²) in [5, 5.41) is 18.1. The summed E-state index contributed by atoms with van der Waals surface area (Å²) in [6, 6.07) is 0. The Labute approximate surface area is 173 Å². The summed E-state index contributed by atoms with van der Waals surface area (Å²) in [5.41, 5.74) is 0.840. The molecule has 0 saturated heterocycles. The fourth-order valence-corrected chi connectivity index (χ4v) is 0.910. The SMILES string of the molecule is Cc1ncc(CO)c(C=O)c1O.O=P([O-])([O-])[O-].O=P([O-])([O-])[O-].[Mn+2].[Mn+2].[Mn+2]. The van der Waals surface area contributed by atoms with Gasteiger partial charge in [-0.15, -0.1) is 0 Å². The first-order valence-corrected chi connectivity index (χ1v) is 7.82. The third kappa shape index (κ3) is 26.7. The molecular formula is C8H9Mn3NO11P2. The minimum Gasteiger partial charge on any atom is -0.822 e. The minimum atomic E-state index is -5.39. The van der Waals surface area contributed by atoms with Gasteiger partial charge in [0.1, 0.15) is 5.75 Å². The Bertz CT molecular complexity index is 554. The second-order valence-electron chi connectivity index (χ2n) is 3.30. The monoisotopic (exact) mass is 522 g/mol. The first-order chi connectivity index (χ1) is 9.70. The van der Waals surface area contributed by atoms with Crippen LogP contribution < -0.4 is 29.4 Å². The van der Waals surface area contributed by atoms with E-state index in [4.69, 9.17) is 43.6 Å². The second kappa shape index (κ2) is 16.5. The molecule has 3 radical (unpaired) electrons. The molecule has 0 aromatic carbocycles. The van der Waals surface area contributed by atoms with Gasteiger partial charge in [0, 0.05) is 11.8 Å². The summed E-state index contributed by atoms with van der Waals surface area (Å²) in [6.07, 6.45) is 1.88. The van der Waals surface area contributed by atoms with Crippen molar-refractivity contribution in [2.45, 2.75) is 13.5 Å². The molecule has 0 atom stereocenters. The summed E-state index contributed by atoms with van der Waals surface area (Å²) in [7, 11) is -10.8. The molecule has 0 unspecified atom stereocenters. The number of aliphatic hydroxyl groups excluding tert-OH is 1. The van der Waals surface area contributed by atoms with Crippen LogP contribution in [0.4, 0.5) is 0 Å². The molecule has 12 nitrogen and oxygen atoms in total. The van der Waals surface area contributed by atoms with Crippen LogP contribution in [0.5, 0.6) is 5.75 Å². The smallest absolute Gasteiger partial charge is 0.822 e. The summed E-state index contributed by atoms with van der Waals surface area (Å²) in [5.74, 6) is -0.156. The van der Waals surface area contributed by atoms with E-state index in [1.54, 1.807) is 6.92 Å². The van der Waals surface area contributed by atoms with Crippen molar-refractivity contribution in [1.29, 1.82) is 0 Å². The van der Waals surface area contributed by atoms with E-state index >= 15 is 0 Å². The summed E-state index contributed by atoms with van der Waals surface area (Å²) < 4.78 is 17.1. The van der Waals surface area contributed by atoms with Crippen LogP contribution in [0.2, 0.25) is 0 Å². The molecule has 0 spiro atoms. The number of hydrogen-bond donors (Lipinski definition) is 2. The average molecular weight is 522 g/mol. The molecule has 0 saturated carbocycles.